The van der Waals surface area contributed by atoms with Crippen LogP contribution in [0.15, 0.2) is 30.3 Å². The standard InChI is InChI=1S/C20H26N2O2/c23-19-11-15-22(16-12-19)20(24)10-7-17-5-8-18(9-6-17)21-13-3-1-2-4-14-21/h5-10H,1-4,11-16H2/b10-7+. The molecule has 0 atom stereocenters. The molecule has 0 unspecified atom stereocenters. The summed E-state index contributed by atoms with van der Waals surface area (Å²) in [4.78, 5) is 27.6. The molecule has 0 spiro atoms. The molecule has 128 valence electrons. The van der Waals surface area contributed by atoms with Crippen LogP contribution >= 0.6 is 0 Å². The van der Waals surface area contributed by atoms with Crippen molar-refractivity contribution in [2.24, 2.45) is 0 Å². The van der Waals surface area contributed by atoms with Gasteiger partial charge in [0.2, 0.25) is 5.91 Å². The molecule has 0 radical (unpaired) electrons. The summed E-state index contributed by atoms with van der Waals surface area (Å²) in [6, 6.07) is 8.44. The Hall–Kier alpha value is -2.10. The molecular formula is C20H26N2O2. The first kappa shape index (κ1) is 16.7. The van der Waals surface area contributed by atoms with Crippen LogP contribution in [0.1, 0.15) is 44.1 Å². The molecule has 24 heavy (non-hydrogen) atoms. The third-order valence-electron chi connectivity index (χ3n) is 4.92. The lowest BCUT2D eigenvalue weighted by Gasteiger charge is -2.24. The molecule has 0 bridgehead atoms. The first-order valence-electron chi connectivity index (χ1n) is 9.06. The van der Waals surface area contributed by atoms with E-state index >= 15 is 0 Å². The van der Waals surface area contributed by atoms with E-state index in [2.05, 4.69) is 29.2 Å². The summed E-state index contributed by atoms with van der Waals surface area (Å²) >= 11 is 0. The zero-order valence-corrected chi connectivity index (χ0v) is 14.2. The van der Waals surface area contributed by atoms with Gasteiger partial charge in [0.05, 0.1) is 0 Å². The summed E-state index contributed by atoms with van der Waals surface area (Å²) in [5, 5.41) is 0. The molecule has 0 N–H and O–H groups in total. The van der Waals surface area contributed by atoms with E-state index in [0.29, 0.717) is 25.9 Å². The number of anilines is 1. The van der Waals surface area contributed by atoms with E-state index in [9.17, 15) is 9.59 Å². The molecule has 2 heterocycles. The third kappa shape index (κ3) is 4.47. The second kappa shape index (κ2) is 8.13. The van der Waals surface area contributed by atoms with Gasteiger partial charge in [-0.05, 0) is 36.6 Å². The van der Waals surface area contributed by atoms with Gasteiger partial charge in [-0.2, -0.15) is 0 Å². The fourth-order valence-corrected chi connectivity index (χ4v) is 3.37. The predicted octanol–water partition coefficient (Wildman–Crippen LogP) is 3.27. The molecule has 1 amide bonds. The minimum atomic E-state index is -0.000838. The van der Waals surface area contributed by atoms with Crippen molar-refractivity contribution in [3.63, 3.8) is 0 Å². The third-order valence-corrected chi connectivity index (χ3v) is 4.92. The van der Waals surface area contributed by atoms with E-state index in [1.165, 1.54) is 31.4 Å². The highest BCUT2D eigenvalue weighted by Crippen LogP contribution is 2.20. The molecule has 4 heteroatoms. The van der Waals surface area contributed by atoms with Crippen LogP contribution in [0.3, 0.4) is 0 Å². The van der Waals surface area contributed by atoms with Crippen LogP contribution in [0.4, 0.5) is 5.69 Å². The van der Waals surface area contributed by atoms with Crippen molar-refractivity contribution in [1.82, 2.24) is 4.90 Å². The molecule has 3 rings (SSSR count). The Kier molecular flexibility index (Phi) is 5.68. The maximum absolute atomic E-state index is 12.2. The fraction of sp³-hybridized carbons (Fsp3) is 0.500. The van der Waals surface area contributed by atoms with Gasteiger partial charge in [-0.3, -0.25) is 9.59 Å². The highest BCUT2D eigenvalue weighted by Gasteiger charge is 2.18. The summed E-state index contributed by atoms with van der Waals surface area (Å²) in [7, 11) is 0. The number of hydrogen-bond donors (Lipinski definition) is 0. The average Bonchev–Trinajstić information content (AvgIpc) is 2.90. The molecule has 0 aliphatic carbocycles. The van der Waals surface area contributed by atoms with Gasteiger partial charge in [-0.15, -0.1) is 0 Å². The monoisotopic (exact) mass is 326 g/mol. The zero-order valence-electron chi connectivity index (χ0n) is 14.2. The molecule has 4 nitrogen and oxygen atoms in total. The van der Waals surface area contributed by atoms with E-state index in [0.717, 1.165) is 18.7 Å². The average molecular weight is 326 g/mol. The lowest BCUT2D eigenvalue weighted by molar-refractivity contribution is -0.130. The van der Waals surface area contributed by atoms with Gasteiger partial charge in [-0.25, -0.2) is 0 Å². The van der Waals surface area contributed by atoms with Crippen LogP contribution in [0.25, 0.3) is 6.08 Å². The van der Waals surface area contributed by atoms with Crippen molar-refractivity contribution in [1.29, 1.82) is 0 Å². The number of ketones is 1. The van der Waals surface area contributed by atoms with E-state index in [-0.39, 0.29) is 11.7 Å². The maximum Gasteiger partial charge on any atom is 0.246 e. The Bertz CT molecular complexity index is 589. The number of carbonyl (C=O) groups excluding carboxylic acids is 2. The lowest BCUT2D eigenvalue weighted by Crippen LogP contribution is -2.37. The Labute approximate surface area is 144 Å². The molecular weight excluding hydrogens is 300 g/mol. The van der Waals surface area contributed by atoms with Crippen LogP contribution in [0.5, 0.6) is 0 Å². The molecule has 2 fully saturated rings. The van der Waals surface area contributed by atoms with Gasteiger partial charge in [0.1, 0.15) is 5.78 Å². The summed E-state index contributed by atoms with van der Waals surface area (Å²) < 4.78 is 0. The summed E-state index contributed by atoms with van der Waals surface area (Å²) in [5.74, 6) is 0.256. The SMILES string of the molecule is O=C1CCN(C(=O)/C=C/c2ccc(N3CCCCCC3)cc2)CC1. The smallest absolute Gasteiger partial charge is 0.246 e. The van der Waals surface area contributed by atoms with E-state index in [4.69, 9.17) is 0 Å². The molecule has 1 aromatic rings. The number of likely N-dealkylation sites (tertiary alicyclic amines) is 1. The number of Topliss-reactive ketones (excluding diaryl/α,β-unsaturated/α-hetero) is 1. The first-order chi connectivity index (χ1) is 11.7. The van der Waals surface area contributed by atoms with Crippen LogP contribution in [-0.4, -0.2) is 42.8 Å². The Morgan fingerprint density at radius 1 is 0.875 bits per heavy atom. The number of piperidine rings is 1. The summed E-state index contributed by atoms with van der Waals surface area (Å²) in [6.45, 7) is 3.38. The van der Waals surface area contributed by atoms with Crippen LogP contribution in [0.2, 0.25) is 0 Å². The normalized spacial score (nSPS) is 19.6. The van der Waals surface area contributed by atoms with Crippen molar-refractivity contribution in [2.75, 3.05) is 31.1 Å². The Morgan fingerprint density at radius 3 is 2.12 bits per heavy atom. The van der Waals surface area contributed by atoms with Gasteiger partial charge >= 0.3 is 0 Å². The molecule has 0 saturated carbocycles. The van der Waals surface area contributed by atoms with Crippen molar-refractivity contribution >= 4 is 23.5 Å². The van der Waals surface area contributed by atoms with Crippen molar-refractivity contribution in [2.45, 2.75) is 38.5 Å². The van der Waals surface area contributed by atoms with E-state index in [1.807, 2.05) is 6.08 Å². The summed E-state index contributed by atoms with van der Waals surface area (Å²) in [6.07, 6.45) is 9.68. The number of rotatable bonds is 3. The molecule has 1 aromatic carbocycles. The maximum atomic E-state index is 12.2. The van der Waals surface area contributed by atoms with Gasteiger partial charge in [-0.1, -0.05) is 25.0 Å². The van der Waals surface area contributed by atoms with Crippen LogP contribution in [0, 0.1) is 0 Å². The fourth-order valence-electron chi connectivity index (χ4n) is 3.37. The molecule has 2 aliphatic heterocycles. The van der Waals surface area contributed by atoms with Crippen LogP contribution < -0.4 is 4.90 Å². The number of nitrogens with zero attached hydrogens (tertiary/aromatic N) is 2. The molecule has 2 saturated heterocycles. The van der Waals surface area contributed by atoms with Gasteiger partial charge in [0, 0.05) is 50.8 Å². The van der Waals surface area contributed by atoms with Crippen molar-refractivity contribution < 1.29 is 9.59 Å². The van der Waals surface area contributed by atoms with Gasteiger partial charge in [0.25, 0.3) is 0 Å². The van der Waals surface area contributed by atoms with E-state index < -0.39 is 0 Å². The lowest BCUT2D eigenvalue weighted by atomic mass is 10.1. The Balaban J connectivity index is 1.57. The minimum Gasteiger partial charge on any atom is -0.372 e. The number of benzene rings is 1. The summed E-state index contributed by atoms with van der Waals surface area (Å²) in [5.41, 5.74) is 2.31. The topological polar surface area (TPSA) is 40.6 Å². The van der Waals surface area contributed by atoms with E-state index in [1.54, 1.807) is 11.0 Å². The number of hydrogen-bond acceptors (Lipinski definition) is 3. The quantitative estimate of drug-likeness (QED) is 0.801. The second-order valence-electron chi connectivity index (χ2n) is 6.69. The minimum absolute atomic E-state index is 0.000838. The first-order valence-corrected chi connectivity index (χ1v) is 9.06. The zero-order chi connectivity index (χ0) is 16.8. The highest BCUT2D eigenvalue weighted by molar-refractivity contribution is 5.93. The second-order valence-corrected chi connectivity index (χ2v) is 6.69. The van der Waals surface area contributed by atoms with Crippen LogP contribution in [-0.2, 0) is 9.59 Å². The van der Waals surface area contributed by atoms with Gasteiger partial charge in [0.15, 0.2) is 0 Å². The number of amides is 1. The van der Waals surface area contributed by atoms with Gasteiger partial charge < -0.3 is 9.80 Å². The largest absolute Gasteiger partial charge is 0.372 e. The van der Waals surface area contributed by atoms with Crippen molar-refractivity contribution in [3.05, 3.63) is 35.9 Å². The number of carbonyl (C=O) groups is 2. The highest BCUT2D eigenvalue weighted by atomic mass is 16.2. The molecule has 0 aromatic heterocycles. The van der Waals surface area contributed by atoms with Crippen molar-refractivity contribution in [3.8, 4) is 0 Å². The predicted molar refractivity (Wildman–Crippen MR) is 97.0 cm³/mol. The molecule has 2 aliphatic rings. The Morgan fingerprint density at radius 2 is 1.50 bits per heavy atom.